The van der Waals surface area contributed by atoms with E-state index in [4.69, 9.17) is 19.2 Å². The van der Waals surface area contributed by atoms with Crippen LogP contribution in [0.2, 0.25) is 0 Å². The van der Waals surface area contributed by atoms with Gasteiger partial charge in [0.1, 0.15) is 5.82 Å². The van der Waals surface area contributed by atoms with Gasteiger partial charge in [-0.25, -0.2) is 9.97 Å². The highest BCUT2D eigenvalue weighted by atomic mass is 32.1. The molecule has 2 aromatic heterocycles. The Hall–Kier alpha value is -3.37. The summed E-state index contributed by atoms with van der Waals surface area (Å²) in [5.74, 6) is 1.27. The predicted octanol–water partition coefficient (Wildman–Crippen LogP) is 4.34. The molecule has 3 aromatic rings. The van der Waals surface area contributed by atoms with E-state index in [1.807, 2.05) is 30.5 Å². The first-order valence-corrected chi connectivity index (χ1v) is 13.6. The molecular weight excluding hydrogens is 492 g/mol. The van der Waals surface area contributed by atoms with Gasteiger partial charge in [0.25, 0.3) is 0 Å². The van der Waals surface area contributed by atoms with E-state index in [2.05, 4.69) is 26.6 Å². The number of aliphatic carboxylic acids is 1. The van der Waals surface area contributed by atoms with E-state index < -0.39 is 5.97 Å². The van der Waals surface area contributed by atoms with Crippen molar-refractivity contribution in [3.63, 3.8) is 0 Å². The molecule has 2 N–H and O–H groups in total. The summed E-state index contributed by atoms with van der Waals surface area (Å²) in [5.41, 5.74) is 3.04. The van der Waals surface area contributed by atoms with Crippen molar-refractivity contribution in [1.29, 1.82) is 0 Å². The van der Waals surface area contributed by atoms with Gasteiger partial charge in [-0.15, -0.1) is 11.3 Å². The molecule has 4 heterocycles. The monoisotopic (exact) mass is 524 g/mol. The molecule has 196 valence electrons. The summed E-state index contributed by atoms with van der Waals surface area (Å²) in [7, 11) is 0. The van der Waals surface area contributed by atoms with Gasteiger partial charge in [0.05, 0.1) is 30.3 Å². The van der Waals surface area contributed by atoms with Crippen molar-refractivity contribution in [2.24, 2.45) is 0 Å². The molecule has 1 fully saturated rings. The van der Waals surface area contributed by atoms with Crippen LogP contribution in [0.4, 0.5) is 11.5 Å². The number of carboxylic acid groups (broad SMARTS) is 1. The third-order valence-electron chi connectivity index (χ3n) is 6.59. The summed E-state index contributed by atoms with van der Waals surface area (Å²) in [5, 5.41) is 16.0. The molecule has 1 unspecified atom stereocenters. The van der Waals surface area contributed by atoms with E-state index in [0.29, 0.717) is 17.9 Å². The van der Waals surface area contributed by atoms with Crippen LogP contribution >= 0.6 is 11.3 Å². The Kier molecular flexibility index (Phi) is 8.37. The molecule has 2 aliphatic heterocycles. The van der Waals surface area contributed by atoms with Crippen LogP contribution in [0.3, 0.4) is 0 Å². The number of thiazole rings is 1. The number of carbonyl (C=O) groups is 1. The summed E-state index contributed by atoms with van der Waals surface area (Å²) in [6.45, 7) is 4.40. The molecule has 2 aliphatic rings. The zero-order chi connectivity index (χ0) is 25.5. The molecule has 1 saturated heterocycles. The first-order valence-electron chi connectivity index (χ1n) is 12.7. The van der Waals surface area contributed by atoms with Crippen molar-refractivity contribution >= 4 is 28.8 Å². The smallest absolute Gasteiger partial charge is 0.303 e. The van der Waals surface area contributed by atoms with Crippen LogP contribution in [-0.4, -0.2) is 60.7 Å². The van der Waals surface area contributed by atoms with Gasteiger partial charge < -0.3 is 29.5 Å². The topological polar surface area (TPSA) is 106 Å². The maximum Gasteiger partial charge on any atom is 0.303 e. The lowest BCUT2D eigenvalue weighted by molar-refractivity contribution is -0.137. The lowest BCUT2D eigenvalue weighted by Crippen LogP contribution is -2.36. The van der Waals surface area contributed by atoms with Crippen molar-refractivity contribution in [3.8, 4) is 11.5 Å². The number of ether oxygens (including phenoxy) is 3. The fourth-order valence-electron chi connectivity index (χ4n) is 4.65. The predicted molar refractivity (Wildman–Crippen MR) is 142 cm³/mol. The Morgan fingerprint density at radius 1 is 1.14 bits per heavy atom. The Balaban J connectivity index is 1.09. The summed E-state index contributed by atoms with van der Waals surface area (Å²) in [4.78, 5) is 23.1. The summed E-state index contributed by atoms with van der Waals surface area (Å²) < 4.78 is 16.3. The average Bonchev–Trinajstić information content (AvgIpc) is 3.57. The van der Waals surface area contributed by atoms with Crippen LogP contribution in [0.5, 0.6) is 11.5 Å². The van der Waals surface area contributed by atoms with Gasteiger partial charge >= 0.3 is 5.97 Å². The molecular formula is C27H32N4O5S. The van der Waals surface area contributed by atoms with E-state index in [0.717, 1.165) is 74.2 Å². The number of unbranched alkanes of at least 4 members (excludes halogenated alkanes) is 1. The van der Waals surface area contributed by atoms with Gasteiger partial charge in [0.2, 0.25) is 6.79 Å². The zero-order valence-corrected chi connectivity index (χ0v) is 21.5. The fourth-order valence-corrected chi connectivity index (χ4v) is 5.50. The molecule has 0 aliphatic carbocycles. The molecule has 1 atom stereocenters. The number of aromatic nitrogens is 2. The number of aryl methyl sites for hydroxylation is 1. The largest absolute Gasteiger partial charge is 0.481 e. The molecule has 0 bridgehead atoms. The first-order chi connectivity index (χ1) is 18.1. The van der Waals surface area contributed by atoms with Crippen LogP contribution in [0, 0.1) is 0 Å². The van der Waals surface area contributed by atoms with Gasteiger partial charge in [-0.2, -0.15) is 0 Å². The number of pyridine rings is 1. The number of hydrogen-bond acceptors (Lipinski definition) is 9. The molecule has 9 nitrogen and oxygen atoms in total. The number of benzene rings is 1. The van der Waals surface area contributed by atoms with E-state index in [-0.39, 0.29) is 19.1 Å². The lowest BCUT2D eigenvalue weighted by atomic mass is 9.91. The van der Waals surface area contributed by atoms with Gasteiger partial charge in [0.15, 0.2) is 11.5 Å². The second-order valence-corrected chi connectivity index (χ2v) is 10.2. The van der Waals surface area contributed by atoms with Gasteiger partial charge in [0, 0.05) is 48.9 Å². The molecule has 0 spiro atoms. The molecule has 0 amide bonds. The van der Waals surface area contributed by atoms with Crippen LogP contribution in [0.1, 0.15) is 41.4 Å². The van der Waals surface area contributed by atoms with Gasteiger partial charge in [-0.05, 0) is 49.4 Å². The van der Waals surface area contributed by atoms with Gasteiger partial charge in [-0.1, -0.05) is 6.07 Å². The number of hydrogen-bond donors (Lipinski definition) is 2. The minimum absolute atomic E-state index is 0.0406. The number of fused-ring (bicyclic) bond motifs is 1. The maximum atomic E-state index is 11.5. The minimum atomic E-state index is -0.824. The van der Waals surface area contributed by atoms with Crippen LogP contribution < -0.4 is 19.7 Å². The van der Waals surface area contributed by atoms with Crippen molar-refractivity contribution in [2.45, 2.75) is 38.0 Å². The second kappa shape index (κ2) is 12.2. The normalized spacial score (nSPS) is 15.5. The molecule has 37 heavy (non-hydrogen) atoms. The molecule has 0 saturated carbocycles. The number of nitrogens with zero attached hydrogens (tertiary/aromatic N) is 3. The second-order valence-electron chi connectivity index (χ2n) is 9.23. The van der Waals surface area contributed by atoms with E-state index in [1.165, 1.54) is 5.69 Å². The van der Waals surface area contributed by atoms with E-state index in [9.17, 15) is 9.90 Å². The lowest BCUT2D eigenvalue weighted by Gasteiger charge is -2.29. The standard InChI is InChI=1S/C27H32N4O5S/c32-27(33)15-20(19-4-5-23-24(14-19)36-18-35-23)13-21-17-37-26(30-21)3-1-2-7-28-25-16-22(6-8-29-25)31-9-11-34-12-10-31/h4-6,8,14,16-17,20H,1-3,7,9-13,15,18H2,(H,28,29)(H,32,33). The Morgan fingerprint density at radius 3 is 2.86 bits per heavy atom. The van der Waals surface area contributed by atoms with Crippen molar-refractivity contribution in [2.75, 3.05) is 49.9 Å². The number of anilines is 2. The zero-order valence-electron chi connectivity index (χ0n) is 20.7. The van der Waals surface area contributed by atoms with Crippen LogP contribution in [0.25, 0.3) is 0 Å². The number of morpholine rings is 1. The highest BCUT2D eigenvalue weighted by molar-refractivity contribution is 7.09. The summed E-state index contributed by atoms with van der Waals surface area (Å²) >= 11 is 1.65. The summed E-state index contributed by atoms with van der Waals surface area (Å²) in [6.07, 6.45) is 5.40. The van der Waals surface area contributed by atoms with E-state index >= 15 is 0 Å². The van der Waals surface area contributed by atoms with Crippen LogP contribution in [0.15, 0.2) is 41.9 Å². The number of rotatable bonds is 12. The molecule has 5 rings (SSSR count). The SMILES string of the molecule is O=C(O)CC(Cc1csc(CCCCNc2cc(N3CCOCC3)ccn2)n1)c1ccc2c(c1)OCO2. The van der Waals surface area contributed by atoms with Crippen molar-refractivity contribution < 1.29 is 24.1 Å². The minimum Gasteiger partial charge on any atom is -0.481 e. The fraction of sp³-hybridized carbons (Fsp3) is 0.444. The van der Waals surface area contributed by atoms with Crippen molar-refractivity contribution in [3.05, 3.63) is 58.2 Å². The third kappa shape index (κ3) is 6.90. The van der Waals surface area contributed by atoms with E-state index in [1.54, 1.807) is 11.3 Å². The summed E-state index contributed by atoms with van der Waals surface area (Å²) in [6, 6.07) is 9.81. The highest BCUT2D eigenvalue weighted by Crippen LogP contribution is 2.36. The maximum absolute atomic E-state index is 11.5. The number of carboxylic acids is 1. The Morgan fingerprint density at radius 2 is 2.00 bits per heavy atom. The molecule has 0 radical (unpaired) electrons. The number of nitrogens with one attached hydrogen (secondary N) is 1. The third-order valence-corrected chi connectivity index (χ3v) is 7.54. The molecule has 10 heteroatoms. The van der Waals surface area contributed by atoms with Crippen molar-refractivity contribution in [1.82, 2.24) is 9.97 Å². The first kappa shape index (κ1) is 25.3. The van der Waals surface area contributed by atoms with Crippen LogP contribution in [-0.2, 0) is 22.4 Å². The average molecular weight is 525 g/mol. The van der Waals surface area contributed by atoms with Gasteiger partial charge in [-0.3, -0.25) is 4.79 Å². The Bertz CT molecular complexity index is 1200. The Labute approximate surface area is 220 Å². The quantitative estimate of drug-likeness (QED) is 0.335. The highest BCUT2D eigenvalue weighted by Gasteiger charge is 2.22. The molecule has 1 aromatic carbocycles.